The number of hydrogen-bond acceptors (Lipinski definition) is 7. The average molecular weight is 383 g/mol. The van der Waals surface area contributed by atoms with Crippen molar-refractivity contribution in [3.05, 3.63) is 46.5 Å². The van der Waals surface area contributed by atoms with Crippen molar-refractivity contribution in [2.75, 3.05) is 19.9 Å². The van der Waals surface area contributed by atoms with Gasteiger partial charge in [0.25, 0.3) is 5.91 Å². The zero-order valence-corrected chi connectivity index (χ0v) is 15.3. The number of likely N-dealkylation sites (tertiary alicyclic amines) is 1. The van der Waals surface area contributed by atoms with Crippen molar-refractivity contribution in [2.24, 2.45) is 0 Å². The molecule has 0 N–H and O–H groups in total. The molecule has 0 saturated carbocycles. The fourth-order valence-electron chi connectivity index (χ4n) is 3.47. The van der Waals surface area contributed by atoms with E-state index in [1.165, 1.54) is 11.3 Å². The Hall–Kier alpha value is -2.87. The van der Waals surface area contributed by atoms with Crippen molar-refractivity contribution >= 4 is 17.2 Å². The van der Waals surface area contributed by atoms with Gasteiger partial charge in [-0.25, -0.2) is 0 Å². The van der Waals surface area contributed by atoms with Crippen LogP contribution >= 0.6 is 11.3 Å². The number of piperidine rings is 1. The minimum atomic E-state index is 0.0536. The molecule has 1 aromatic carbocycles. The predicted molar refractivity (Wildman–Crippen MR) is 98.1 cm³/mol. The average Bonchev–Trinajstić information content (AvgIpc) is 3.48. The van der Waals surface area contributed by atoms with Crippen molar-refractivity contribution in [1.82, 2.24) is 15.1 Å². The number of hydrogen-bond donors (Lipinski definition) is 0. The molecule has 0 bridgehead atoms. The lowest BCUT2D eigenvalue weighted by Crippen LogP contribution is -2.38. The second kappa shape index (κ2) is 6.70. The van der Waals surface area contributed by atoms with Gasteiger partial charge in [-0.05, 0) is 42.5 Å². The number of amides is 1. The SMILES string of the molecule is O=C(c1cccs1)N1CCC[C@H](c2nnc(-c3ccc4c(c3)OCO4)o2)C1. The van der Waals surface area contributed by atoms with E-state index in [2.05, 4.69) is 10.2 Å². The van der Waals surface area contributed by atoms with Crippen molar-refractivity contribution in [3.63, 3.8) is 0 Å². The highest BCUT2D eigenvalue weighted by molar-refractivity contribution is 7.12. The molecule has 7 nitrogen and oxygen atoms in total. The number of aromatic nitrogens is 2. The van der Waals surface area contributed by atoms with Crippen LogP contribution in [0.2, 0.25) is 0 Å². The third-order valence-corrected chi connectivity index (χ3v) is 5.71. The van der Waals surface area contributed by atoms with Gasteiger partial charge in [-0.1, -0.05) is 6.07 Å². The van der Waals surface area contributed by atoms with E-state index in [0.717, 1.165) is 29.8 Å². The summed E-state index contributed by atoms with van der Waals surface area (Å²) in [5.41, 5.74) is 0.792. The molecule has 1 fully saturated rings. The second-order valence-electron chi connectivity index (χ2n) is 6.58. The molecule has 0 unspecified atom stereocenters. The van der Waals surface area contributed by atoms with E-state index in [4.69, 9.17) is 13.9 Å². The smallest absolute Gasteiger partial charge is 0.263 e. The molecule has 27 heavy (non-hydrogen) atoms. The molecule has 3 aromatic rings. The van der Waals surface area contributed by atoms with Gasteiger partial charge in [-0.3, -0.25) is 4.79 Å². The van der Waals surface area contributed by atoms with Crippen LogP contribution in [0.4, 0.5) is 0 Å². The molecule has 4 heterocycles. The highest BCUT2D eigenvalue weighted by atomic mass is 32.1. The van der Waals surface area contributed by atoms with Crippen LogP contribution in [0, 0.1) is 0 Å². The van der Waals surface area contributed by atoms with Gasteiger partial charge in [-0.15, -0.1) is 21.5 Å². The molecule has 138 valence electrons. The largest absolute Gasteiger partial charge is 0.454 e. The minimum Gasteiger partial charge on any atom is -0.454 e. The monoisotopic (exact) mass is 383 g/mol. The Bertz CT molecular complexity index is 969. The highest BCUT2D eigenvalue weighted by Gasteiger charge is 2.29. The fraction of sp³-hybridized carbons (Fsp3) is 0.316. The Kier molecular flexibility index (Phi) is 4.05. The molecular weight excluding hydrogens is 366 g/mol. The molecule has 0 radical (unpaired) electrons. The Morgan fingerprint density at radius 2 is 2.11 bits per heavy atom. The van der Waals surface area contributed by atoms with Gasteiger partial charge in [-0.2, -0.15) is 0 Å². The maximum absolute atomic E-state index is 12.6. The number of carbonyl (C=O) groups is 1. The van der Waals surface area contributed by atoms with Crippen LogP contribution in [-0.2, 0) is 0 Å². The van der Waals surface area contributed by atoms with Gasteiger partial charge >= 0.3 is 0 Å². The van der Waals surface area contributed by atoms with Crippen molar-refractivity contribution in [1.29, 1.82) is 0 Å². The van der Waals surface area contributed by atoms with Crippen molar-refractivity contribution in [3.8, 4) is 23.0 Å². The summed E-state index contributed by atoms with van der Waals surface area (Å²) in [6, 6.07) is 9.31. The van der Waals surface area contributed by atoms with Crippen LogP contribution in [0.25, 0.3) is 11.5 Å². The van der Waals surface area contributed by atoms with Crippen LogP contribution in [0.3, 0.4) is 0 Å². The maximum atomic E-state index is 12.6. The number of rotatable bonds is 3. The zero-order valence-electron chi connectivity index (χ0n) is 14.5. The van der Waals surface area contributed by atoms with E-state index in [9.17, 15) is 4.79 Å². The van der Waals surface area contributed by atoms with Crippen LogP contribution in [0.15, 0.2) is 40.1 Å². The standard InChI is InChI=1S/C19H17N3O4S/c23-19(16-4-2-8-27-16)22-7-1-3-13(10-22)18-21-20-17(26-18)12-5-6-14-15(9-12)25-11-24-14/h2,4-6,8-9,13H,1,3,7,10-11H2/t13-/m0/s1. The maximum Gasteiger partial charge on any atom is 0.263 e. The number of fused-ring (bicyclic) bond motifs is 1. The number of ether oxygens (including phenoxy) is 2. The topological polar surface area (TPSA) is 77.7 Å². The first kappa shape index (κ1) is 16.3. The molecule has 2 aromatic heterocycles. The molecule has 1 atom stereocenters. The van der Waals surface area contributed by atoms with E-state index in [1.54, 1.807) is 0 Å². The summed E-state index contributed by atoms with van der Waals surface area (Å²) >= 11 is 1.47. The first-order chi connectivity index (χ1) is 13.3. The Morgan fingerprint density at radius 1 is 1.19 bits per heavy atom. The molecule has 1 amide bonds. The number of carbonyl (C=O) groups excluding carboxylic acids is 1. The first-order valence-corrected chi connectivity index (χ1v) is 9.72. The Morgan fingerprint density at radius 3 is 3.00 bits per heavy atom. The number of benzene rings is 1. The molecule has 0 aliphatic carbocycles. The molecule has 5 rings (SSSR count). The second-order valence-corrected chi connectivity index (χ2v) is 7.53. The van der Waals surface area contributed by atoms with Gasteiger partial charge in [0.05, 0.1) is 10.8 Å². The summed E-state index contributed by atoms with van der Waals surface area (Å²) in [6.45, 7) is 1.58. The third-order valence-electron chi connectivity index (χ3n) is 4.85. The Labute approximate surface area is 159 Å². The lowest BCUT2D eigenvalue weighted by molar-refractivity contribution is 0.0703. The van der Waals surface area contributed by atoms with E-state index >= 15 is 0 Å². The first-order valence-electron chi connectivity index (χ1n) is 8.84. The van der Waals surface area contributed by atoms with Crippen molar-refractivity contribution in [2.45, 2.75) is 18.8 Å². The van der Waals surface area contributed by atoms with Crippen LogP contribution in [0.5, 0.6) is 11.5 Å². The fourth-order valence-corrected chi connectivity index (χ4v) is 4.16. The normalized spacial score (nSPS) is 18.7. The molecule has 2 aliphatic heterocycles. The third kappa shape index (κ3) is 3.06. The molecular formula is C19H17N3O4S. The van der Waals surface area contributed by atoms with Gasteiger partial charge in [0, 0.05) is 18.7 Å². The van der Waals surface area contributed by atoms with Crippen LogP contribution in [0.1, 0.15) is 34.3 Å². The summed E-state index contributed by atoms with van der Waals surface area (Å²) in [4.78, 5) is 15.3. The van der Waals surface area contributed by atoms with E-state index < -0.39 is 0 Å². The van der Waals surface area contributed by atoms with Gasteiger partial charge < -0.3 is 18.8 Å². The minimum absolute atomic E-state index is 0.0536. The van der Waals surface area contributed by atoms with Crippen LogP contribution in [-0.4, -0.2) is 40.9 Å². The summed E-state index contributed by atoms with van der Waals surface area (Å²) in [6.07, 6.45) is 1.85. The van der Waals surface area contributed by atoms with Crippen LogP contribution < -0.4 is 9.47 Å². The van der Waals surface area contributed by atoms with E-state index in [0.29, 0.717) is 29.8 Å². The summed E-state index contributed by atoms with van der Waals surface area (Å²) in [5, 5.41) is 10.4. The number of nitrogens with zero attached hydrogens (tertiary/aromatic N) is 3. The van der Waals surface area contributed by atoms with Gasteiger partial charge in [0.15, 0.2) is 11.5 Å². The summed E-state index contributed by atoms with van der Waals surface area (Å²) < 4.78 is 16.7. The highest BCUT2D eigenvalue weighted by Crippen LogP contribution is 2.36. The number of thiophene rings is 1. The zero-order chi connectivity index (χ0) is 18.2. The van der Waals surface area contributed by atoms with E-state index in [1.807, 2.05) is 40.6 Å². The molecule has 0 spiro atoms. The van der Waals surface area contributed by atoms with Crippen molar-refractivity contribution < 1.29 is 18.7 Å². The molecule has 1 saturated heterocycles. The van der Waals surface area contributed by atoms with E-state index in [-0.39, 0.29) is 18.6 Å². The summed E-state index contributed by atoms with van der Waals surface area (Å²) in [7, 11) is 0. The summed E-state index contributed by atoms with van der Waals surface area (Å²) in [5.74, 6) is 2.55. The molecule has 2 aliphatic rings. The lowest BCUT2D eigenvalue weighted by Gasteiger charge is -2.30. The lowest BCUT2D eigenvalue weighted by atomic mass is 9.98. The van der Waals surface area contributed by atoms with Gasteiger partial charge in [0.1, 0.15) is 0 Å². The van der Waals surface area contributed by atoms with Gasteiger partial charge in [0.2, 0.25) is 18.6 Å². The quantitative estimate of drug-likeness (QED) is 0.688. The predicted octanol–water partition coefficient (Wildman–Crippen LogP) is 3.55. The molecule has 8 heteroatoms. The Balaban J connectivity index is 1.34.